The van der Waals surface area contributed by atoms with Crippen molar-refractivity contribution in [3.05, 3.63) is 39.5 Å². The van der Waals surface area contributed by atoms with Crippen LogP contribution in [0, 0.1) is 18.8 Å². The molecule has 9 nitrogen and oxygen atoms in total. The second-order valence-electron chi connectivity index (χ2n) is 9.67. The predicted molar refractivity (Wildman–Crippen MR) is 135 cm³/mol. The third kappa shape index (κ3) is 4.94. The number of aromatic nitrogens is 5. The van der Waals surface area contributed by atoms with Crippen molar-refractivity contribution < 1.29 is 9.90 Å². The summed E-state index contributed by atoms with van der Waals surface area (Å²) in [5.74, 6) is 1.11. The molecule has 2 fully saturated rings. The van der Waals surface area contributed by atoms with Crippen LogP contribution in [0.4, 0.5) is 5.95 Å². The van der Waals surface area contributed by atoms with Gasteiger partial charge in [-0.25, -0.2) is 9.67 Å². The minimum atomic E-state index is -0.730. The maximum atomic E-state index is 10.9. The lowest BCUT2D eigenvalue weighted by Gasteiger charge is -2.46. The van der Waals surface area contributed by atoms with E-state index < -0.39 is 5.97 Å². The van der Waals surface area contributed by atoms with Crippen LogP contribution in [-0.2, 0) is 4.79 Å². The van der Waals surface area contributed by atoms with Crippen LogP contribution in [0.5, 0.6) is 0 Å². The molecule has 2 saturated heterocycles. The predicted octanol–water partition coefficient (Wildman–Crippen LogP) is 4.07. The summed E-state index contributed by atoms with van der Waals surface area (Å²) >= 11 is 12.5. The molecule has 0 bridgehead atoms. The van der Waals surface area contributed by atoms with Gasteiger partial charge < -0.3 is 14.9 Å². The summed E-state index contributed by atoms with van der Waals surface area (Å²) in [6.07, 6.45) is 2.52. The van der Waals surface area contributed by atoms with Gasteiger partial charge in [-0.1, -0.05) is 34.5 Å². The van der Waals surface area contributed by atoms with Gasteiger partial charge in [0.05, 0.1) is 18.2 Å². The molecule has 0 unspecified atom stereocenters. The first-order chi connectivity index (χ1) is 16.8. The molecule has 0 radical (unpaired) electrons. The molecule has 5 rings (SSSR count). The monoisotopic (exact) mass is 517 g/mol. The number of hydrogen-bond donors (Lipinski definition) is 1. The fourth-order valence-electron chi connectivity index (χ4n) is 5.23. The molecule has 35 heavy (non-hydrogen) atoms. The number of halogens is 2. The zero-order valence-corrected chi connectivity index (χ0v) is 21.4. The summed E-state index contributed by atoms with van der Waals surface area (Å²) in [7, 11) is 0. The Morgan fingerprint density at radius 1 is 1.20 bits per heavy atom. The molecule has 11 heteroatoms. The average Bonchev–Trinajstić information content (AvgIpc) is 3.21. The number of carbonyl (C=O) groups is 1. The molecule has 2 aliphatic rings. The smallest absolute Gasteiger partial charge is 0.304 e. The largest absolute Gasteiger partial charge is 0.481 e. The highest BCUT2D eigenvalue weighted by molar-refractivity contribution is 6.35. The van der Waals surface area contributed by atoms with E-state index in [1.807, 2.05) is 26.0 Å². The Labute approximate surface area is 214 Å². The van der Waals surface area contributed by atoms with Gasteiger partial charge in [0.15, 0.2) is 11.2 Å². The Bertz CT molecular complexity index is 1240. The topological polar surface area (TPSA) is 100 Å². The number of benzene rings is 1. The molecule has 0 saturated carbocycles. The van der Waals surface area contributed by atoms with E-state index >= 15 is 0 Å². The van der Waals surface area contributed by atoms with Gasteiger partial charge in [0, 0.05) is 36.2 Å². The number of carboxylic acid groups (broad SMARTS) is 1. The first kappa shape index (κ1) is 24.2. The molecule has 4 heterocycles. The summed E-state index contributed by atoms with van der Waals surface area (Å²) in [6.45, 7) is 8.36. The van der Waals surface area contributed by atoms with Crippen molar-refractivity contribution >= 4 is 46.3 Å². The molecule has 0 aliphatic carbocycles. The Balaban J connectivity index is 1.31. The van der Waals surface area contributed by atoms with Gasteiger partial charge in [-0.3, -0.25) is 4.79 Å². The van der Waals surface area contributed by atoms with Crippen molar-refractivity contribution in [2.75, 3.05) is 37.6 Å². The summed E-state index contributed by atoms with van der Waals surface area (Å²) in [5.41, 5.74) is 3.07. The molecule has 1 aromatic carbocycles. The van der Waals surface area contributed by atoms with E-state index in [0.717, 1.165) is 43.9 Å². The van der Waals surface area contributed by atoms with Gasteiger partial charge in [-0.15, -0.1) is 5.10 Å². The van der Waals surface area contributed by atoms with E-state index in [1.54, 1.807) is 10.7 Å². The van der Waals surface area contributed by atoms with Gasteiger partial charge in [0.1, 0.15) is 0 Å². The number of piperidine rings is 1. The lowest BCUT2D eigenvalue weighted by atomic mass is 9.80. The number of nitrogens with zero attached hydrogens (tertiary/aromatic N) is 7. The van der Waals surface area contributed by atoms with Crippen LogP contribution in [0.25, 0.3) is 11.2 Å². The lowest BCUT2D eigenvalue weighted by Crippen LogP contribution is -2.54. The van der Waals surface area contributed by atoms with E-state index in [1.165, 1.54) is 6.42 Å². The Morgan fingerprint density at radius 2 is 2.00 bits per heavy atom. The van der Waals surface area contributed by atoms with Crippen molar-refractivity contribution in [3.8, 4) is 0 Å². The van der Waals surface area contributed by atoms with Gasteiger partial charge in [-0.05, 0) is 62.8 Å². The summed E-state index contributed by atoms with van der Waals surface area (Å²) < 4.78 is 1.79. The highest BCUT2D eigenvalue weighted by Gasteiger charge is 2.37. The summed E-state index contributed by atoms with van der Waals surface area (Å²) in [6, 6.07) is 5.28. The standard InChI is InChI=1S/C24H29Cl2N7O2/c1-14-22-23(33(30-29-22)15(2)19-6-5-18(25)10-20(19)26)28-24(27-14)32-12-17(13-32)16-4-3-8-31(11-16)9-7-21(34)35/h5-6,10,15-17H,3-4,7-9,11-13H2,1-2H3,(H,34,35)/t15-,16+/m1/s1. The molecule has 0 amide bonds. The highest BCUT2D eigenvalue weighted by atomic mass is 35.5. The molecule has 1 N–H and O–H groups in total. The van der Waals surface area contributed by atoms with Gasteiger partial charge in [-0.2, -0.15) is 4.98 Å². The zero-order valence-electron chi connectivity index (χ0n) is 19.9. The van der Waals surface area contributed by atoms with Crippen LogP contribution in [0.15, 0.2) is 18.2 Å². The number of aliphatic carboxylic acids is 1. The summed E-state index contributed by atoms with van der Waals surface area (Å²) in [5, 5.41) is 18.9. The highest BCUT2D eigenvalue weighted by Crippen LogP contribution is 2.34. The molecule has 2 aromatic heterocycles. The molecular formula is C24H29Cl2N7O2. The molecular weight excluding hydrogens is 489 g/mol. The Morgan fingerprint density at radius 3 is 2.74 bits per heavy atom. The average molecular weight is 518 g/mol. The van der Waals surface area contributed by atoms with E-state index in [4.69, 9.17) is 38.3 Å². The first-order valence-electron chi connectivity index (χ1n) is 12.0. The van der Waals surface area contributed by atoms with E-state index in [0.29, 0.717) is 45.5 Å². The van der Waals surface area contributed by atoms with E-state index in [-0.39, 0.29) is 12.5 Å². The number of rotatable bonds is 7. The first-order valence-corrected chi connectivity index (χ1v) is 12.8. The SMILES string of the molecule is Cc1nc(N2CC([C@H]3CCCN(CCC(=O)O)C3)C2)nc2c1nnn2[C@H](C)c1ccc(Cl)cc1Cl. The van der Waals surface area contributed by atoms with Crippen molar-refractivity contribution in [1.29, 1.82) is 0 Å². The number of hydrogen-bond acceptors (Lipinski definition) is 7. The molecule has 186 valence electrons. The minimum absolute atomic E-state index is 0.171. The quantitative estimate of drug-likeness (QED) is 0.500. The van der Waals surface area contributed by atoms with Crippen LogP contribution in [0.2, 0.25) is 10.0 Å². The molecule has 0 spiro atoms. The van der Waals surface area contributed by atoms with E-state index in [2.05, 4.69) is 20.1 Å². The van der Waals surface area contributed by atoms with Crippen LogP contribution in [0.3, 0.4) is 0 Å². The third-order valence-corrected chi connectivity index (χ3v) is 7.87. The van der Waals surface area contributed by atoms with Crippen molar-refractivity contribution in [3.63, 3.8) is 0 Å². The summed E-state index contributed by atoms with van der Waals surface area (Å²) in [4.78, 5) is 25.0. The lowest BCUT2D eigenvalue weighted by molar-refractivity contribution is -0.137. The van der Waals surface area contributed by atoms with Crippen LogP contribution >= 0.6 is 23.2 Å². The Hall–Kier alpha value is -2.49. The number of anilines is 1. The second-order valence-corrected chi connectivity index (χ2v) is 10.5. The maximum Gasteiger partial charge on any atom is 0.304 e. The van der Waals surface area contributed by atoms with Crippen molar-refractivity contribution in [2.24, 2.45) is 11.8 Å². The molecule has 2 atom stereocenters. The number of likely N-dealkylation sites (tertiary alicyclic amines) is 1. The van der Waals surface area contributed by atoms with E-state index in [9.17, 15) is 4.79 Å². The van der Waals surface area contributed by atoms with Gasteiger partial charge in [0.25, 0.3) is 0 Å². The van der Waals surface area contributed by atoms with Gasteiger partial charge in [0.2, 0.25) is 5.95 Å². The third-order valence-electron chi connectivity index (χ3n) is 7.31. The zero-order chi connectivity index (χ0) is 24.7. The van der Waals surface area contributed by atoms with Gasteiger partial charge >= 0.3 is 5.97 Å². The fourth-order valence-corrected chi connectivity index (χ4v) is 5.80. The maximum absolute atomic E-state index is 10.9. The van der Waals surface area contributed by atoms with Crippen molar-refractivity contribution in [2.45, 2.75) is 39.2 Å². The number of carboxylic acids is 1. The number of fused-ring (bicyclic) bond motifs is 1. The molecule has 3 aromatic rings. The normalized spacial score (nSPS) is 20.2. The number of aryl methyl sites for hydroxylation is 1. The van der Waals surface area contributed by atoms with Crippen LogP contribution in [0.1, 0.15) is 43.5 Å². The van der Waals surface area contributed by atoms with Crippen LogP contribution in [-0.4, -0.2) is 73.7 Å². The second kappa shape index (κ2) is 9.87. The molecule has 2 aliphatic heterocycles. The fraction of sp³-hybridized carbons (Fsp3) is 0.542. The Kier molecular flexibility index (Phi) is 6.83. The minimum Gasteiger partial charge on any atom is -0.481 e. The van der Waals surface area contributed by atoms with Crippen LogP contribution < -0.4 is 4.90 Å². The van der Waals surface area contributed by atoms with Crippen molar-refractivity contribution in [1.82, 2.24) is 29.9 Å².